The van der Waals surface area contributed by atoms with Gasteiger partial charge in [-0.05, 0) is 31.1 Å². The van der Waals surface area contributed by atoms with Gasteiger partial charge in [-0.25, -0.2) is 8.42 Å². The summed E-state index contributed by atoms with van der Waals surface area (Å²) < 4.78 is 60.3. The molecule has 2 aliphatic rings. The minimum Gasteiger partial charge on any atom is -0.212 e. The van der Waals surface area contributed by atoms with Gasteiger partial charge >= 0.3 is 6.18 Å². The molecule has 15 heavy (non-hydrogen) atoms. The maximum Gasteiger partial charge on any atom is 0.393 e. The van der Waals surface area contributed by atoms with Crippen LogP contribution in [0.15, 0.2) is 0 Å². The van der Waals surface area contributed by atoms with Crippen LogP contribution < -0.4 is 0 Å². The van der Waals surface area contributed by atoms with Gasteiger partial charge in [0.05, 0.1) is 11.2 Å². The van der Waals surface area contributed by atoms with Crippen LogP contribution in [0.2, 0.25) is 0 Å². The van der Waals surface area contributed by atoms with E-state index in [0.717, 1.165) is 0 Å². The zero-order valence-electron chi connectivity index (χ0n) is 7.67. The lowest BCUT2D eigenvalue weighted by Crippen LogP contribution is -2.41. The molecule has 4 unspecified atom stereocenters. The second-order valence-electron chi connectivity index (χ2n) is 4.34. The monoisotopic (exact) mass is 262 g/mol. The highest BCUT2D eigenvalue weighted by molar-refractivity contribution is 8.14. The summed E-state index contributed by atoms with van der Waals surface area (Å²) in [6.07, 6.45) is -3.08. The third-order valence-corrected chi connectivity index (χ3v) is 5.49. The lowest BCUT2D eigenvalue weighted by Gasteiger charge is -2.30. The Bertz CT molecular complexity index is 365. The van der Waals surface area contributed by atoms with Crippen molar-refractivity contribution >= 4 is 19.7 Å². The number of rotatable bonds is 1. The Morgan fingerprint density at radius 1 is 1.13 bits per heavy atom. The Balaban J connectivity index is 2.37. The standard InChI is InChI=1S/C8H10ClF3O2S/c9-15(13,14)7-5-2-1-4(3-5)6(7)8(10,11)12/h4-7H,1-3H2. The maximum absolute atomic E-state index is 12.7. The van der Waals surface area contributed by atoms with Crippen LogP contribution >= 0.6 is 10.7 Å². The number of halogens is 4. The van der Waals surface area contributed by atoms with Crippen LogP contribution in [-0.4, -0.2) is 19.8 Å². The molecule has 0 radical (unpaired) electrons. The van der Waals surface area contributed by atoms with Gasteiger partial charge in [0.15, 0.2) is 0 Å². The fourth-order valence-corrected chi connectivity index (χ4v) is 5.30. The van der Waals surface area contributed by atoms with E-state index < -0.39 is 38.2 Å². The van der Waals surface area contributed by atoms with E-state index in [4.69, 9.17) is 10.7 Å². The second-order valence-corrected chi connectivity index (χ2v) is 7.13. The molecule has 2 nitrogen and oxygen atoms in total. The Hall–Kier alpha value is 0.0300. The molecule has 0 spiro atoms. The summed E-state index contributed by atoms with van der Waals surface area (Å²) in [7, 11) is 0.993. The van der Waals surface area contributed by atoms with Crippen molar-refractivity contribution in [2.45, 2.75) is 30.7 Å². The van der Waals surface area contributed by atoms with E-state index in [9.17, 15) is 21.6 Å². The predicted octanol–water partition coefficient (Wildman–Crippen LogP) is 2.53. The van der Waals surface area contributed by atoms with E-state index in [-0.39, 0.29) is 0 Å². The summed E-state index contributed by atoms with van der Waals surface area (Å²) >= 11 is 0. The summed E-state index contributed by atoms with van der Waals surface area (Å²) in [5.74, 6) is -2.70. The van der Waals surface area contributed by atoms with Gasteiger partial charge in [0, 0.05) is 10.7 Å². The molecule has 0 aliphatic heterocycles. The summed E-state index contributed by atoms with van der Waals surface area (Å²) in [5.41, 5.74) is 0. The highest BCUT2D eigenvalue weighted by Gasteiger charge is 2.62. The molecule has 2 saturated carbocycles. The fourth-order valence-electron chi connectivity index (χ4n) is 3.10. The van der Waals surface area contributed by atoms with E-state index in [2.05, 4.69) is 0 Å². The summed E-state index contributed by atoms with van der Waals surface area (Å²) in [6, 6.07) is 0. The minimum atomic E-state index is -4.45. The lowest BCUT2D eigenvalue weighted by molar-refractivity contribution is -0.185. The highest BCUT2D eigenvalue weighted by atomic mass is 35.7. The highest BCUT2D eigenvalue weighted by Crippen LogP contribution is 2.57. The summed E-state index contributed by atoms with van der Waals surface area (Å²) in [4.78, 5) is 0. The molecular weight excluding hydrogens is 253 g/mol. The molecule has 0 aromatic rings. The SMILES string of the molecule is O=S(=O)(Cl)C1C2CCC(C2)C1C(F)(F)F. The molecular formula is C8H10ClF3O2S. The van der Waals surface area contributed by atoms with Crippen molar-refractivity contribution in [1.29, 1.82) is 0 Å². The molecule has 0 N–H and O–H groups in total. The van der Waals surface area contributed by atoms with Crippen molar-refractivity contribution in [3.05, 3.63) is 0 Å². The number of alkyl halides is 3. The van der Waals surface area contributed by atoms with E-state index in [0.29, 0.717) is 19.3 Å². The molecule has 88 valence electrons. The van der Waals surface area contributed by atoms with Gasteiger partial charge in [0.2, 0.25) is 9.05 Å². The van der Waals surface area contributed by atoms with Crippen LogP contribution in [0.1, 0.15) is 19.3 Å². The predicted molar refractivity (Wildman–Crippen MR) is 48.9 cm³/mol. The molecule has 4 atom stereocenters. The number of hydrogen-bond acceptors (Lipinski definition) is 2. The maximum atomic E-state index is 12.7. The van der Waals surface area contributed by atoms with E-state index in [1.165, 1.54) is 0 Å². The van der Waals surface area contributed by atoms with Crippen molar-refractivity contribution in [1.82, 2.24) is 0 Å². The molecule has 2 fully saturated rings. The van der Waals surface area contributed by atoms with Crippen molar-refractivity contribution in [2.24, 2.45) is 17.8 Å². The van der Waals surface area contributed by atoms with Crippen molar-refractivity contribution in [3.63, 3.8) is 0 Å². The smallest absolute Gasteiger partial charge is 0.212 e. The largest absolute Gasteiger partial charge is 0.393 e. The number of fused-ring (bicyclic) bond motifs is 2. The molecule has 0 amide bonds. The molecule has 2 bridgehead atoms. The molecule has 0 heterocycles. The van der Waals surface area contributed by atoms with Gasteiger partial charge in [0.1, 0.15) is 0 Å². The molecule has 2 aliphatic carbocycles. The first-order valence-corrected chi connectivity index (χ1v) is 7.08. The molecule has 0 aromatic carbocycles. The zero-order valence-corrected chi connectivity index (χ0v) is 9.24. The third kappa shape index (κ3) is 1.86. The molecule has 0 aromatic heterocycles. The fraction of sp³-hybridized carbons (Fsp3) is 1.00. The lowest BCUT2D eigenvalue weighted by atomic mass is 9.88. The third-order valence-electron chi connectivity index (χ3n) is 3.54. The minimum absolute atomic E-state index is 0.348. The topological polar surface area (TPSA) is 34.1 Å². The van der Waals surface area contributed by atoms with Gasteiger partial charge < -0.3 is 0 Å². The van der Waals surface area contributed by atoms with Gasteiger partial charge in [-0.1, -0.05) is 0 Å². The first kappa shape index (κ1) is 11.5. The zero-order chi connectivity index (χ0) is 11.4. The Labute approximate surface area is 90.2 Å². The normalized spacial score (nSPS) is 41.1. The van der Waals surface area contributed by atoms with Crippen molar-refractivity contribution in [3.8, 4) is 0 Å². The van der Waals surface area contributed by atoms with E-state index in [1.54, 1.807) is 0 Å². The first-order valence-electron chi connectivity index (χ1n) is 4.71. The number of hydrogen-bond donors (Lipinski definition) is 0. The van der Waals surface area contributed by atoms with Crippen LogP contribution in [-0.2, 0) is 9.05 Å². The van der Waals surface area contributed by atoms with Crippen molar-refractivity contribution < 1.29 is 21.6 Å². The van der Waals surface area contributed by atoms with Gasteiger partial charge in [-0.15, -0.1) is 0 Å². The molecule has 7 heteroatoms. The molecule has 2 rings (SSSR count). The van der Waals surface area contributed by atoms with Gasteiger partial charge in [0.25, 0.3) is 0 Å². The van der Waals surface area contributed by atoms with Crippen LogP contribution in [0.25, 0.3) is 0 Å². The van der Waals surface area contributed by atoms with Gasteiger partial charge in [-0.2, -0.15) is 13.2 Å². The van der Waals surface area contributed by atoms with Gasteiger partial charge in [-0.3, -0.25) is 0 Å². The second kappa shape index (κ2) is 3.26. The van der Waals surface area contributed by atoms with Crippen LogP contribution in [0.5, 0.6) is 0 Å². The quantitative estimate of drug-likeness (QED) is 0.681. The van der Waals surface area contributed by atoms with Crippen LogP contribution in [0.3, 0.4) is 0 Å². The van der Waals surface area contributed by atoms with Crippen LogP contribution in [0, 0.1) is 17.8 Å². The van der Waals surface area contributed by atoms with E-state index in [1.807, 2.05) is 0 Å². The Morgan fingerprint density at radius 3 is 2.07 bits per heavy atom. The van der Waals surface area contributed by atoms with Crippen molar-refractivity contribution in [2.75, 3.05) is 0 Å². The average molecular weight is 263 g/mol. The summed E-state index contributed by atoms with van der Waals surface area (Å²) in [6.45, 7) is 0. The van der Waals surface area contributed by atoms with Crippen LogP contribution in [0.4, 0.5) is 13.2 Å². The Morgan fingerprint density at radius 2 is 1.67 bits per heavy atom. The summed E-state index contributed by atoms with van der Waals surface area (Å²) in [5, 5.41) is -1.42. The average Bonchev–Trinajstić information content (AvgIpc) is 2.56. The first-order chi connectivity index (χ1) is 6.71. The molecule has 0 saturated heterocycles. The Kier molecular flexibility index (Phi) is 2.50. The van der Waals surface area contributed by atoms with E-state index >= 15 is 0 Å².